The number of aromatic nitrogens is 1. The van der Waals surface area contributed by atoms with Crippen molar-refractivity contribution in [3.63, 3.8) is 0 Å². The van der Waals surface area contributed by atoms with Gasteiger partial charge in [0.2, 0.25) is 15.9 Å². The lowest BCUT2D eigenvalue weighted by atomic mass is 10.1. The van der Waals surface area contributed by atoms with E-state index in [1.54, 1.807) is 6.07 Å². The first-order valence-electron chi connectivity index (χ1n) is 10.4. The highest BCUT2D eigenvalue weighted by Gasteiger charge is 2.31. The summed E-state index contributed by atoms with van der Waals surface area (Å²) in [7, 11) is -4.16. The van der Waals surface area contributed by atoms with Crippen LogP contribution in [0.4, 0.5) is 5.69 Å². The van der Waals surface area contributed by atoms with E-state index in [0.29, 0.717) is 31.4 Å². The number of sulfonamides is 1. The highest BCUT2D eigenvalue weighted by Crippen LogP contribution is 2.43. The van der Waals surface area contributed by atoms with Crippen molar-refractivity contribution in [2.24, 2.45) is 0 Å². The highest BCUT2D eigenvalue weighted by atomic mass is 79.9. The van der Waals surface area contributed by atoms with Gasteiger partial charge in [-0.3, -0.25) is 9.78 Å². The van der Waals surface area contributed by atoms with Crippen LogP contribution < -0.4 is 10.0 Å². The number of ketones is 1. The first-order valence-corrected chi connectivity index (χ1v) is 14.2. The molecule has 0 saturated carbocycles. The van der Waals surface area contributed by atoms with Crippen molar-refractivity contribution >= 4 is 88.8 Å². The van der Waals surface area contributed by atoms with Crippen molar-refractivity contribution in [2.75, 3.05) is 5.32 Å². The maximum Gasteiger partial charge on any atom is 0.244 e. The minimum Gasteiger partial charge on any atom is -0.323 e. The number of hydrogen-bond donors (Lipinski definition) is 2. The van der Waals surface area contributed by atoms with Gasteiger partial charge < -0.3 is 10.1 Å². The molecule has 182 valence electrons. The number of fused-ring (bicyclic) bond motifs is 1. The molecule has 3 rings (SSSR count). The Labute approximate surface area is 220 Å². The number of amides is 1. The predicted molar refractivity (Wildman–Crippen MR) is 140 cm³/mol. The molecule has 0 unspecified atom stereocenters. The first-order chi connectivity index (χ1) is 16.1. The average molecular weight is 607 g/mol. The van der Waals surface area contributed by atoms with Gasteiger partial charge in [0.1, 0.15) is 25.4 Å². The number of hydrogen-bond acceptors (Lipinski definition) is 6. The number of rotatable bonds is 11. The number of Topliss-reactive ketones (excluding diaryl/α,β-unsaturated/α-hetero) is 1. The molecular formula is C22H22BrCl2N3O4S2. The van der Waals surface area contributed by atoms with Crippen LogP contribution in [0.25, 0.3) is 10.9 Å². The van der Waals surface area contributed by atoms with Gasteiger partial charge in [-0.2, -0.15) is 4.72 Å². The molecule has 2 N–H and O–H groups in total. The maximum absolute atomic E-state index is 13.1. The van der Waals surface area contributed by atoms with Crippen molar-refractivity contribution < 1.29 is 18.0 Å². The van der Waals surface area contributed by atoms with Gasteiger partial charge in [0, 0.05) is 11.8 Å². The zero-order valence-electron chi connectivity index (χ0n) is 18.1. The van der Waals surface area contributed by atoms with Crippen molar-refractivity contribution in [1.29, 1.82) is 0 Å². The molecule has 3 aromatic rings. The van der Waals surface area contributed by atoms with Crippen molar-refractivity contribution in [1.82, 2.24) is 9.71 Å². The van der Waals surface area contributed by atoms with Gasteiger partial charge in [0.25, 0.3) is 0 Å². The third-order valence-corrected chi connectivity index (χ3v) is 9.93. The third kappa shape index (κ3) is 6.99. The maximum atomic E-state index is 13.1. The number of halogens is 3. The zero-order chi connectivity index (χ0) is 24.9. The van der Waals surface area contributed by atoms with Crippen LogP contribution in [0, 0.1) is 0 Å². The van der Waals surface area contributed by atoms with Crippen LogP contribution >= 0.6 is 50.5 Å². The lowest BCUT2D eigenvalue weighted by Crippen LogP contribution is -2.43. The summed E-state index contributed by atoms with van der Waals surface area (Å²) in [6, 6.07) is 8.14. The van der Waals surface area contributed by atoms with Gasteiger partial charge in [-0.15, -0.1) is 11.3 Å². The largest absolute Gasteiger partial charge is 0.323 e. The number of carbonyl (C=O) groups excluding carboxylic acids is 2. The molecule has 1 atom stereocenters. The highest BCUT2D eigenvalue weighted by molar-refractivity contribution is 9.10. The number of nitrogens with one attached hydrogen (secondary N) is 2. The molecule has 1 aromatic carbocycles. The molecular weight excluding hydrogens is 585 g/mol. The van der Waals surface area contributed by atoms with E-state index in [1.165, 1.54) is 13.1 Å². The molecule has 0 radical (unpaired) electrons. The smallest absolute Gasteiger partial charge is 0.244 e. The number of nitrogens with zero attached hydrogens (tertiary/aromatic N) is 1. The number of benzene rings is 1. The number of pyridine rings is 1. The molecule has 2 aromatic heterocycles. The molecule has 0 saturated heterocycles. The summed E-state index contributed by atoms with van der Waals surface area (Å²) in [5.41, 5.74) is 1.22. The molecule has 34 heavy (non-hydrogen) atoms. The van der Waals surface area contributed by atoms with Crippen LogP contribution in [-0.4, -0.2) is 31.1 Å². The van der Waals surface area contributed by atoms with Crippen LogP contribution in [0.3, 0.4) is 0 Å². The predicted octanol–water partition coefficient (Wildman–Crippen LogP) is 6.19. The van der Waals surface area contributed by atoms with E-state index < -0.39 is 22.0 Å². The Hall–Kier alpha value is -1.56. The van der Waals surface area contributed by atoms with E-state index in [2.05, 4.69) is 31.0 Å². The fourth-order valence-corrected chi connectivity index (χ4v) is 8.11. The Kier molecular flexibility index (Phi) is 9.48. The Balaban J connectivity index is 1.79. The molecule has 0 spiro atoms. The molecule has 7 nitrogen and oxygen atoms in total. The minimum absolute atomic E-state index is 0.0104. The Morgan fingerprint density at radius 3 is 2.56 bits per heavy atom. The van der Waals surface area contributed by atoms with Gasteiger partial charge >= 0.3 is 0 Å². The van der Waals surface area contributed by atoms with Crippen LogP contribution in [0.5, 0.6) is 0 Å². The van der Waals surface area contributed by atoms with E-state index in [4.69, 9.17) is 23.2 Å². The van der Waals surface area contributed by atoms with Gasteiger partial charge in [-0.1, -0.05) is 54.2 Å². The summed E-state index contributed by atoms with van der Waals surface area (Å²) < 4.78 is 29.0. The van der Waals surface area contributed by atoms with Gasteiger partial charge in [-0.05, 0) is 47.8 Å². The lowest BCUT2D eigenvalue weighted by molar-refractivity contribution is -0.118. The summed E-state index contributed by atoms with van der Waals surface area (Å²) in [5, 5.41) is 3.59. The van der Waals surface area contributed by atoms with E-state index >= 15 is 0 Å². The second-order valence-electron chi connectivity index (χ2n) is 7.67. The Morgan fingerprint density at radius 2 is 1.88 bits per heavy atom. The first kappa shape index (κ1) is 27.0. The third-order valence-electron chi connectivity index (χ3n) is 4.99. The fourth-order valence-electron chi connectivity index (χ4n) is 3.33. The average Bonchev–Trinajstić information content (AvgIpc) is 3.04. The molecule has 2 heterocycles. The molecule has 12 heteroatoms. The molecule has 0 aliphatic heterocycles. The van der Waals surface area contributed by atoms with E-state index in [-0.39, 0.29) is 30.2 Å². The molecule has 0 fully saturated rings. The van der Waals surface area contributed by atoms with Gasteiger partial charge in [0.15, 0.2) is 0 Å². The summed E-state index contributed by atoms with van der Waals surface area (Å²) >= 11 is 16.2. The topological polar surface area (TPSA) is 105 Å². The Morgan fingerprint density at radius 1 is 1.15 bits per heavy atom. The van der Waals surface area contributed by atoms with Crippen molar-refractivity contribution in [3.8, 4) is 0 Å². The van der Waals surface area contributed by atoms with Crippen LogP contribution in [0.1, 0.15) is 39.0 Å². The van der Waals surface area contributed by atoms with E-state index in [0.717, 1.165) is 22.2 Å². The van der Waals surface area contributed by atoms with Gasteiger partial charge in [-0.25, -0.2) is 8.42 Å². The monoisotopic (exact) mass is 605 g/mol. The summed E-state index contributed by atoms with van der Waals surface area (Å²) in [5.74, 6) is -0.437. The van der Waals surface area contributed by atoms with Crippen LogP contribution in [0.2, 0.25) is 8.67 Å². The molecule has 0 aliphatic rings. The normalized spacial score (nSPS) is 12.6. The van der Waals surface area contributed by atoms with Crippen LogP contribution in [0.15, 0.2) is 45.9 Å². The second kappa shape index (κ2) is 11.9. The standard InChI is InChI=1S/C22H22BrCl2N3O4S2/c1-13(29)7-3-2-4-10-17(28-34(31,32)19-18(23)20(24)33-21(19)25)22(30)27-15-11-14-8-5-6-9-16(14)26-12-15/h5-6,8-9,11-12,17,28H,2-4,7,10H2,1H3,(H,27,30)/t17-/m0/s1. The quantitative estimate of drug-likeness (QED) is 0.253. The summed E-state index contributed by atoms with van der Waals surface area (Å²) in [4.78, 5) is 28.4. The Bertz CT molecular complexity index is 1310. The van der Waals surface area contributed by atoms with Crippen molar-refractivity contribution in [3.05, 3.63) is 49.7 Å². The molecule has 0 aliphatic carbocycles. The summed E-state index contributed by atoms with van der Waals surface area (Å²) in [6.07, 6.45) is 4.09. The number of unbranched alkanes of at least 4 members (excludes halogenated alkanes) is 2. The second-order valence-corrected chi connectivity index (χ2v) is 12.3. The number of para-hydroxylation sites is 1. The molecule has 0 bridgehead atoms. The zero-order valence-corrected chi connectivity index (χ0v) is 22.8. The lowest BCUT2D eigenvalue weighted by Gasteiger charge is -2.19. The van der Waals surface area contributed by atoms with Gasteiger partial charge in [0.05, 0.1) is 21.9 Å². The summed E-state index contributed by atoms with van der Waals surface area (Å²) in [6.45, 7) is 1.52. The van der Waals surface area contributed by atoms with E-state index in [9.17, 15) is 18.0 Å². The van der Waals surface area contributed by atoms with E-state index in [1.807, 2.05) is 24.3 Å². The van der Waals surface area contributed by atoms with Crippen molar-refractivity contribution in [2.45, 2.75) is 50.0 Å². The molecule has 1 amide bonds. The number of carbonyl (C=O) groups is 2. The minimum atomic E-state index is -4.16. The van der Waals surface area contributed by atoms with Crippen LogP contribution in [-0.2, 0) is 19.6 Å². The number of thiophene rings is 1. The number of anilines is 1. The fraction of sp³-hybridized carbons (Fsp3) is 0.318. The SMILES string of the molecule is CC(=O)CCCCC[C@H](NS(=O)(=O)c1c(Cl)sc(Cl)c1Br)C(=O)Nc1cnc2ccccc2c1.